The molecule has 4 rings (SSSR count). The fourth-order valence-electron chi connectivity index (χ4n) is 4.73. The van der Waals surface area contributed by atoms with Gasteiger partial charge in [-0.3, -0.25) is 9.69 Å². The number of amides is 1. The lowest BCUT2D eigenvalue weighted by Gasteiger charge is -2.44. The van der Waals surface area contributed by atoms with E-state index in [-0.39, 0.29) is 5.91 Å². The minimum absolute atomic E-state index is 0.229. The highest BCUT2D eigenvalue weighted by Crippen LogP contribution is 2.23. The van der Waals surface area contributed by atoms with Crippen LogP contribution in [0.1, 0.15) is 42.5 Å². The number of hydrogen-bond acceptors (Lipinski definition) is 3. The minimum atomic E-state index is 0.229. The summed E-state index contributed by atoms with van der Waals surface area (Å²) in [6.45, 7) is 10.6. The van der Waals surface area contributed by atoms with Crippen molar-refractivity contribution in [1.82, 2.24) is 9.80 Å². The zero-order chi connectivity index (χ0) is 21.8. The van der Waals surface area contributed by atoms with Gasteiger partial charge in [0.1, 0.15) is 0 Å². The Morgan fingerprint density at radius 2 is 1.77 bits per heavy atom. The molecule has 0 spiro atoms. The monoisotopic (exact) mass is 418 g/mol. The van der Waals surface area contributed by atoms with E-state index in [4.69, 9.17) is 4.74 Å². The SMILES string of the molecule is Cc1ccc(CN2C(C)CN(C(=O)Cc3cccc(C4=CCOCC4)c3)CC2C)cc1. The Bertz CT molecular complexity index is 923. The van der Waals surface area contributed by atoms with E-state index in [1.165, 1.54) is 22.3 Å². The molecular weight excluding hydrogens is 384 g/mol. The van der Waals surface area contributed by atoms with Gasteiger partial charge in [0.15, 0.2) is 0 Å². The fourth-order valence-corrected chi connectivity index (χ4v) is 4.73. The molecule has 2 unspecified atom stereocenters. The van der Waals surface area contributed by atoms with Crippen molar-refractivity contribution in [2.24, 2.45) is 0 Å². The van der Waals surface area contributed by atoms with Crippen LogP contribution >= 0.6 is 0 Å². The molecule has 0 aliphatic carbocycles. The van der Waals surface area contributed by atoms with Gasteiger partial charge in [0, 0.05) is 31.7 Å². The molecule has 0 aromatic heterocycles. The fraction of sp³-hybridized carbons (Fsp3) is 0.444. The number of carbonyl (C=O) groups excluding carboxylic acids is 1. The molecule has 2 aliphatic heterocycles. The van der Waals surface area contributed by atoms with Crippen LogP contribution in [0.2, 0.25) is 0 Å². The third-order valence-corrected chi connectivity index (χ3v) is 6.56. The van der Waals surface area contributed by atoms with Gasteiger partial charge in [-0.1, -0.05) is 60.2 Å². The smallest absolute Gasteiger partial charge is 0.227 e. The van der Waals surface area contributed by atoms with Crippen LogP contribution in [0.25, 0.3) is 5.57 Å². The molecule has 0 radical (unpaired) electrons. The summed E-state index contributed by atoms with van der Waals surface area (Å²) >= 11 is 0. The molecule has 1 amide bonds. The Hall–Kier alpha value is -2.43. The summed E-state index contributed by atoms with van der Waals surface area (Å²) in [5, 5.41) is 0. The quantitative estimate of drug-likeness (QED) is 0.719. The zero-order valence-corrected chi connectivity index (χ0v) is 19.0. The predicted octanol–water partition coefficient (Wildman–Crippen LogP) is 4.46. The van der Waals surface area contributed by atoms with Gasteiger partial charge >= 0.3 is 0 Å². The molecule has 0 bridgehead atoms. The zero-order valence-electron chi connectivity index (χ0n) is 19.0. The Balaban J connectivity index is 1.38. The van der Waals surface area contributed by atoms with Crippen molar-refractivity contribution in [1.29, 1.82) is 0 Å². The van der Waals surface area contributed by atoms with Gasteiger partial charge in [0.05, 0.1) is 19.6 Å². The van der Waals surface area contributed by atoms with E-state index in [0.29, 0.717) is 25.1 Å². The third-order valence-electron chi connectivity index (χ3n) is 6.56. The summed E-state index contributed by atoms with van der Waals surface area (Å²) in [5.41, 5.74) is 6.27. The molecule has 0 saturated carbocycles. The van der Waals surface area contributed by atoms with Gasteiger partial charge in [-0.2, -0.15) is 0 Å². The molecule has 2 atom stereocenters. The standard InChI is InChI=1S/C27H34N2O2/c1-20-7-9-23(10-8-20)19-29-21(2)17-28(18-22(29)3)27(30)16-24-5-4-6-26(15-24)25-11-13-31-14-12-25/h4-11,15,21-22H,12-14,16-19H2,1-3H3. The van der Waals surface area contributed by atoms with Gasteiger partial charge < -0.3 is 9.64 Å². The predicted molar refractivity (Wildman–Crippen MR) is 126 cm³/mol. The first-order valence-corrected chi connectivity index (χ1v) is 11.4. The second kappa shape index (κ2) is 9.80. The van der Waals surface area contributed by atoms with Crippen LogP contribution in [-0.4, -0.2) is 54.1 Å². The van der Waals surface area contributed by atoms with Crippen molar-refractivity contribution in [3.05, 3.63) is 76.9 Å². The molecule has 1 fully saturated rings. The van der Waals surface area contributed by atoms with E-state index < -0.39 is 0 Å². The number of ether oxygens (including phenoxy) is 1. The number of piperazine rings is 1. The average Bonchev–Trinajstić information content (AvgIpc) is 2.78. The van der Waals surface area contributed by atoms with E-state index in [9.17, 15) is 4.79 Å². The molecular formula is C27H34N2O2. The number of aryl methyl sites for hydroxylation is 1. The Kier molecular flexibility index (Phi) is 6.89. The van der Waals surface area contributed by atoms with Crippen LogP contribution in [0.3, 0.4) is 0 Å². The number of carbonyl (C=O) groups is 1. The maximum absolute atomic E-state index is 13.1. The number of nitrogens with zero attached hydrogens (tertiary/aromatic N) is 2. The molecule has 2 aromatic rings. The van der Waals surface area contributed by atoms with Gasteiger partial charge in [0.25, 0.3) is 0 Å². The van der Waals surface area contributed by atoms with Crippen molar-refractivity contribution in [3.8, 4) is 0 Å². The van der Waals surface area contributed by atoms with Crippen molar-refractivity contribution in [3.63, 3.8) is 0 Å². The summed E-state index contributed by atoms with van der Waals surface area (Å²) < 4.78 is 5.43. The van der Waals surface area contributed by atoms with Crippen LogP contribution < -0.4 is 0 Å². The number of hydrogen-bond donors (Lipinski definition) is 0. The Morgan fingerprint density at radius 1 is 1.03 bits per heavy atom. The maximum atomic E-state index is 13.1. The van der Waals surface area contributed by atoms with Crippen LogP contribution in [-0.2, 0) is 22.5 Å². The second-order valence-corrected chi connectivity index (χ2v) is 9.09. The minimum Gasteiger partial charge on any atom is -0.377 e. The number of rotatable bonds is 5. The van der Waals surface area contributed by atoms with Gasteiger partial charge in [-0.15, -0.1) is 0 Å². The largest absolute Gasteiger partial charge is 0.377 e. The maximum Gasteiger partial charge on any atom is 0.227 e. The summed E-state index contributed by atoms with van der Waals surface area (Å²) in [6, 6.07) is 17.9. The first kappa shape index (κ1) is 21.8. The van der Waals surface area contributed by atoms with Crippen LogP contribution in [0, 0.1) is 6.92 Å². The van der Waals surface area contributed by atoms with E-state index in [1.54, 1.807) is 0 Å². The summed E-state index contributed by atoms with van der Waals surface area (Å²) in [4.78, 5) is 17.7. The van der Waals surface area contributed by atoms with Gasteiger partial charge in [-0.05, 0) is 49.5 Å². The molecule has 0 N–H and O–H groups in total. The molecule has 2 aromatic carbocycles. The molecule has 2 aliphatic rings. The topological polar surface area (TPSA) is 32.8 Å². The molecule has 1 saturated heterocycles. The highest BCUT2D eigenvalue weighted by atomic mass is 16.5. The lowest BCUT2D eigenvalue weighted by atomic mass is 9.98. The van der Waals surface area contributed by atoms with Crippen molar-refractivity contribution in [2.75, 3.05) is 26.3 Å². The highest BCUT2D eigenvalue weighted by Gasteiger charge is 2.31. The normalized spacial score (nSPS) is 22.3. The Morgan fingerprint density at radius 3 is 2.45 bits per heavy atom. The van der Waals surface area contributed by atoms with Crippen molar-refractivity contribution in [2.45, 2.75) is 52.2 Å². The van der Waals surface area contributed by atoms with E-state index in [2.05, 4.69) is 85.2 Å². The van der Waals surface area contributed by atoms with Gasteiger partial charge in [-0.25, -0.2) is 0 Å². The van der Waals surface area contributed by atoms with Crippen LogP contribution in [0.5, 0.6) is 0 Å². The average molecular weight is 419 g/mol. The first-order valence-electron chi connectivity index (χ1n) is 11.4. The second-order valence-electron chi connectivity index (χ2n) is 9.09. The van der Waals surface area contributed by atoms with E-state index in [1.807, 2.05) is 0 Å². The molecule has 164 valence electrons. The first-order chi connectivity index (χ1) is 15.0. The van der Waals surface area contributed by atoms with Crippen molar-refractivity contribution < 1.29 is 9.53 Å². The highest BCUT2D eigenvalue weighted by molar-refractivity contribution is 5.79. The molecule has 4 heteroatoms. The molecule has 31 heavy (non-hydrogen) atoms. The van der Waals surface area contributed by atoms with Crippen LogP contribution in [0.15, 0.2) is 54.6 Å². The molecule has 4 nitrogen and oxygen atoms in total. The van der Waals surface area contributed by atoms with Crippen molar-refractivity contribution >= 4 is 11.5 Å². The third kappa shape index (κ3) is 5.44. The Labute approximate surface area is 186 Å². The van der Waals surface area contributed by atoms with Gasteiger partial charge in [0.2, 0.25) is 5.91 Å². The lowest BCUT2D eigenvalue weighted by Crippen LogP contribution is -2.57. The summed E-state index contributed by atoms with van der Waals surface area (Å²) in [7, 11) is 0. The summed E-state index contributed by atoms with van der Waals surface area (Å²) in [5.74, 6) is 0.229. The van der Waals surface area contributed by atoms with E-state index >= 15 is 0 Å². The summed E-state index contributed by atoms with van der Waals surface area (Å²) in [6.07, 6.45) is 3.56. The molecule has 2 heterocycles. The van der Waals surface area contributed by atoms with Crippen LogP contribution in [0.4, 0.5) is 0 Å². The number of benzene rings is 2. The lowest BCUT2D eigenvalue weighted by molar-refractivity contribution is -0.135. The van der Waals surface area contributed by atoms with E-state index in [0.717, 1.165) is 38.2 Å².